The summed E-state index contributed by atoms with van der Waals surface area (Å²) in [5, 5.41) is 13.3. The minimum absolute atomic E-state index is 0.0456. The summed E-state index contributed by atoms with van der Waals surface area (Å²) in [7, 11) is 0. The van der Waals surface area contributed by atoms with Crippen LogP contribution in [0.5, 0.6) is 5.75 Å². The van der Waals surface area contributed by atoms with E-state index in [0.29, 0.717) is 17.9 Å². The quantitative estimate of drug-likeness (QED) is 0.290. The Kier molecular flexibility index (Phi) is 6.57. The van der Waals surface area contributed by atoms with E-state index in [2.05, 4.69) is 25.8 Å². The van der Waals surface area contributed by atoms with E-state index in [1.54, 1.807) is 30.5 Å². The summed E-state index contributed by atoms with van der Waals surface area (Å²) in [5.41, 5.74) is 1.68. The Bertz CT molecular complexity index is 1230. The highest BCUT2D eigenvalue weighted by molar-refractivity contribution is 7.09. The first-order valence-corrected chi connectivity index (χ1v) is 12.1. The SMILES string of the molecule is CCOc1ccc(/C(O)=C2/C(=O)C(=O)N(Cc3cccs3)C2c2ccccn2)cc1C(C)(C)C. The van der Waals surface area contributed by atoms with Crippen molar-refractivity contribution in [1.29, 1.82) is 0 Å². The van der Waals surface area contributed by atoms with Crippen LogP contribution < -0.4 is 4.74 Å². The molecule has 34 heavy (non-hydrogen) atoms. The zero-order valence-corrected chi connectivity index (χ0v) is 20.6. The van der Waals surface area contributed by atoms with Crippen LogP contribution in [-0.2, 0) is 21.5 Å². The maximum absolute atomic E-state index is 13.2. The van der Waals surface area contributed by atoms with Crippen molar-refractivity contribution in [2.75, 3.05) is 6.61 Å². The Labute approximate surface area is 203 Å². The predicted octanol–water partition coefficient (Wildman–Crippen LogP) is 5.46. The smallest absolute Gasteiger partial charge is 0.296 e. The summed E-state index contributed by atoms with van der Waals surface area (Å²) >= 11 is 1.51. The highest BCUT2D eigenvalue weighted by atomic mass is 32.1. The number of pyridine rings is 1. The third kappa shape index (κ3) is 4.48. The standard InChI is InChI=1S/C27H28N2O4S/c1-5-33-21-12-11-17(15-19(21)27(2,3)4)24(30)22-23(20-10-6-7-13-28-20)29(26(32)25(22)31)16-18-9-8-14-34-18/h6-15,23,30H,5,16H2,1-4H3/b24-22-. The molecule has 1 unspecified atom stereocenters. The molecule has 0 aliphatic carbocycles. The van der Waals surface area contributed by atoms with Gasteiger partial charge in [-0.3, -0.25) is 14.6 Å². The van der Waals surface area contributed by atoms with Gasteiger partial charge >= 0.3 is 0 Å². The van der Waals surface area contributed by atoms with Crippen molar-refractivity contribution in [3.63, 3.8) is 0 Å². The van der Waals surface area contributed by atoms with Gasteiger partial charge < -0.3 is 14.7 Å². The van der Waals surface area contributed by atoms with Crippen molar-refractivity contribution in [2.45, 2.75) is 45.7 Å². The number of Topliss-reactive ketones (excluding diaryl/α,β-unsaturated/α-hetero) is 1. The lowest BCUT2D eigenvalue weighted by Gasteiger charge is -2.25. The van der Waals surface area contributed by atoms with Gasteiger partial charge in [-0.15, -0.1) is 11.3 Å². The Balaban J connectivity index is 1.87. The molecule has 0 spiro atoms. The number of rotatable bonds is 6. The average Bonchev–Trinajstić information content (AvgIpc) is 3.41. The number of aliphatic hydroxyl groups is 1. The number of benzene rings is 1. The molecule has 0 saturated carbocycles. The summed E-state index contributed by atoms with van der Waals surface area (Å²) in [4.78, 5) is 33.2. The molecular formula is C27H28N2O4S. The van der Waals surface area contributed by atoms with Crippen LogP contribution in [0.2, 0.25) is 0 Å². The maximum atomic E-state index is 13.2. The van der Waals surface area contributed by atoms with E-state index in [9.17, 15) is 14.7 Å². The van der Waals surface area contributed by atoms with Gasteiger partial charge in [0.2, 0.25) is 0 Å². The number of amides is 1. The molecule has 7 heteroatoms. The number of ketones is 1. The average molecular weight is 477 g/mol. The van der Waals surface area contributed by atoms with Crippen LogP contribution in [0, 0.1) is 0 Å². The Hall–Kier alpha value is -3.45. The van der Waals surface area contributed by atoms with E-state index in [4.69, 9.17) is 4.74 Å². The van der Waals surface area contributed by atoms with Crippen LogP contribution in [0.4, 0.5) is 0 Å². The fourth-order valence-corrected chi connectivity index (χ4v) is 4.86. The molecule has 1 aliphatic heterocycles. The number of thiophene rings is 1. The molecule has 3 heterocycles. The molecule has 3 aromatic rings. The van der Waals surface area contributed by atoms with Crippen LogP contribution in [0.25, 0.3) is 5.76 Å². The van der Waals surface area contributed by atoms with Gasteiger partial charge in [0.25, 0.3) is 11.7 Å². The fraction of sp³-hybridized carbons (Fsp3) is 0.296. The molecule has 1 N–H and O–H groups in total. The van der Waals surface area contributed by atoms with Gasteiger partial charge in [0.05, 0.1) is 24.4 Å². The molecule has 0 bridgehead atoms. The van der Waals surface area contributed by atoms with E-state index < -0.39 is 17.7 Å². The van der Waals surface area contributed by atoms with Gasteiger partial charge in [0, 0.05) is 22.2 Å². The van der Waals surface area contributed by atoms with E-state index in [1.807, 2.05) is 36.6 Å². The molecule has 176 valence electrons. The summed E-state index contributed by atoms with van der Waals surface area (Å²) in [6, 6.07) is 13.7. The first-order valence-electron chi connectivity index (χ1n) is 11.2. The molecule has 1 aromatic carbocycles. The number of carbonyl (C=O) groups excluding carboxylic acids is 2. The topological polar surface area (TPSA) is 79.7 Å². The molecular weight excluding hydrogens is 448 g/mol. The van der Waals surface area contributed by atoms with Gasteiger partial charge in [0.1, 0.15) is 17.6 Å². The summed E-state index contributed by atoms with van der Waals surface area (Å²) in [6.07, 6.45) is 1.62. The number of hydrogen-bond acceptors (Lipinski definition) is 6. The minimum Gasteiger partial charge on any atom is -0.507 e. The summed E-state index contributed by atoms with van der Waals surface area (Å²) in [6.45, 7) is 8.87. The summed E-state index contributed by atoms with van der Waals surface area (Å²) < 4.78 is 5.79. The second kappa shape index (κ2) is 9.43. The number of carbonyl (C=O) groups is 2. The van der Waals surface area contributed by atoms with Crippen LogP contribution in [-0.4, -0.2) is 33.3 Å². The lowest BCUT2D eigenvalue weighted by molar-refractivity contribution is -0.140. The van der Waals surface area contributed by atoms with Crippen molar-refractivity contribution in [3.05, 3.63) is 87.4 Å². The van der Waals surface area contributed by atoms with Gasteiger partial charge in [-0.2, -0.15) is 0 Å². The van der Waals surface area contributed by atoms with Crippen LogP contribution in [0.1, 0.15) is 55.4 Å². The Morgan fingerprint density at radius 2 is 1.94 bits per heavy atom. The van der Waals surface area contributed by atoms with Gasteiger partial charge in [0.15, 0.2) is 0 Å². The molecule has 1 saturated heterocycles. The Morgan fingerprint density at radius 3 is 2.56 bits per heavy atom. The number of hydrogen-bond donors (Lipinski definition) is 1. The zero-order chi connectivity index (χ0) is 24.5. The lowest BCUT2D eigenvalue weighted by atomic mass is 9.84. The zero-order valence-electron chi connectivity index (χ0n) is 19.7. The van der Waals surface area contributed by atoms with Gasteiger partial charge in [-0.25, -0.2) is 0 Å². The Morgan fingerprint density at radius 1 is 1.15 bits per heavy atom. The normalized spacial score (nSPS) is 17.9. The van der Waals surface area contributed by atoms with Crippen LogP contribution >= 0.6 is 11.3 Å². The van der Waals surface area contributed by atoms with E-state index in [-0.39, 0.29) is 23.3 Å². The molecule has 1 amide bonds. The van der Waals surface area contributed by atoms with Gasteiger partial charge in [-0.05, 0) is 54.1 Å². The molecule has 1 fully saturated rings. The fourth-order valence-electron chi connectivity index (χ4n) is 4.16. The summed E-state index contributed by atoms with van der Waals surface area (Å²) in [5.74, 6) is -0.842. The van der Waals surface area contributed by atoms with Crippen LogP contribution in [0.3, 0.4) is 0 Å². The first kappa shape index (κ1) is 23.7. The number of ether oxygens (including phenoxy) is 1. The monoisotopic (exact) mass is 476 g/mol. The third-order valence-corrected chi connectivity index (χ3v) is 6.64. The largest absolute Gasteiger partial charge is 0.507 e. The van der Waals surface area contributed by atoms with E-state index in [0.717, 1.165) is 16.2 Å². The highest BCUT2D eigenvalue weighted by Gasteiger charge is 2.46. The van der Waals surface area contributed by atoms with Crippen molar-refractivity contribution >= 4 is 28.8 Å². The number of likely N-dealkylation sites (tertiary alicyclic amines) is 1. The van der Waals surface area contributed by atoms with Crippen LogP contribution in [0.15, 0.2) is 65.7 Å². The maximum Gasteiger partial charge on any atom is 0.296 e. The van der Waals surface area contributed by atoms with Crippen molar-refractivity contribution in [3.8, 4) is 5.75 Å². The molecule has 2 aromatic heterocycles. The first-order chi connectivity index (χ1) is 16.2. The molecule has 1 aliphatic rings. The molecule has 0 radical (unpaired) electrons. The second-order valence-corrected chi connectivity index (χ2v) is 10.2. The molecule has 1 atom stereocenters. The van der Waals surface area contributed by atoms with Crippen molar-refractivity contribution in [1.82, 2.24) is 9.88 Å². The van der Waals surface area contributed by atoms with Crippen molar-refractivity contribution in [2.24, 2.45) is 0 Å². The van der Waals surface area contributed by atoms with E-state index >= 15 is 0 Å². The minimum atomic E-state index is -0.784. The number of aromatic nitrogens is 1. The third-order valence-electron chi connectivity index (χ3n) is 5.78. The lowest BCUT2D eigenvalue weighted by Crippen LogP contribution is -2.29. The number of aliphatic hydroxyl groups excluding tert-OH is 1. The van der Waals surface area contributed by atoms with Gasteiger partial charge in [-0.1, -0.05) is 32.9 Å². The second-order valence-electron chi connectivity index (χ2n) is 9.15. The predicted molar refractivity (Wildman–Crippen MR) is 133 cm³/mol. The molecule has 4 rings (SSSR count). The number of nitrogens with zero attached hydrogens (tertiary/aromatic N) is 2. The molecule has 6 nitrogen and oxygen atoms in total. The van der Waals surface area contributed by atoms with Crippen molar-refractivity contribution < 1.29 is 19.4 Å². The highest BCUT2D eigenvalue weighted by Crippen LogP contribution is 2.41. The van der Waals surface area contributed by atoms with E-state index in [1.165, 1.54) is 16.2 Å².